The Bertz CT molecular complexity index is 1170. The van der Waals surface area contributed by atoms with Crippen LogP contribution in [0.15, 0.2) is 42.6 Å². The van der Waals surface area contributed by atoms with Crippen LogP contribution in [0.3, 0.4) is 0 Å². The van der Waals surface area contributed by atoms with Crippen LogP contribution >= 0.6 is 23.2 Å². The van der Waals surface area contributed by atoms with Gasteiger partial charge in [0.25, 0.3) is 0 Å². The molecule has 2 heterocycles. The van der Waals surface area contributed by atoms with Crippen LogP contribution in [0.1, 0.15) is 25.3 Å². The van der Waals surface area contributed by atoms with Gasteiger partial charge in [-0.2, -0.15) is 0 Å². The second-order valence-corrected chi connectivity index (χ2v) is 7.82. The van der Waals surface area contributed by atoms with Crippen molar-refractivity contribution in [1.29, 1.82) is 0 Å². The number of hydrogen-bond donors (Lipinski definition) is 2. The van der Waals surface area contributed by atoms with Crippen LogP contribution in [-0.4, -0.2) is 23.1 Å². The monoisotopic (exact) mass is 427 g/mol. The van der Waals surface area contributed by atoms with Crippen LogP contribution in [0.25, 0.3) is 33.1 Å². The van der Waals surface area contributed by atoms with E-state index in [-0.39, 0.29) is 0 Å². The summed E-state index contributed by atoms with van der Waals surface area (Å²) < 4.78 is 5.79. The fourth-order valence-corrected chi connectivity index (χ4v) is 4.48. The number of H-pyrrole nitrogens is 1. The van der Waals surface area contributed by atoms with Gasteiger partial charge in [0.05, 0.1) is 17.3 Å². The molecule has 0 amide bonds. The van der Waals surface area contributed by atoms with Gasteiger partial charge < -0.3 is 15.5 Å². The predicted octanol–water partition coefficient (Wildman–Crippen LogP) is 6.37. The fourth-order valence-electron chi connectivity index (χ4n) is 3.88. The molecule has 150 valence electrons. The van der Waals surface area contributed by atoms with Gasteiger partial charge in [-0.05, 0) is 68.6 Å². The summed E-state index contributed by atoms with van der Waals surface area (Å²) in [4.78, 5) is 8.14. The molecule has 0 atom stereocenters. The molecule has 0 unspecified atom stereocenters. The smallest absolute Gasteiger partial charge is 0.145 e. The van der Waals surface area contributed by atoms with Crippen LogP contribution in [0.2, 0.25) is 10.0 Å². The maximum atomic E-state index is 6.60. The van der Waals surface area contributed by atoms with Crippen LogP contribution in [0.5, 0.6) is 5.75 Å². The first-order chi connectivity index (χ1) is 14.1. The number of nitrogens with one attached hydrogen (secondary N) is 1. The average Bonchev–Trinajstić information content (AvgIpc) is 3.07. The van der Waals surface area contributed by atoms with Gasteiger partial charge in [-0.15, -0.1) is 0 Å². The Balaban J connectivity index is 1.97. The quantitative estimate of drug-likeness (QED) is 0.336. The molecule has 3 N–H and O–H groups in total. The Hall–Kier alpha value is -2.27. The molecule has 0 aliphatic rings. The van der Waals surface area contributed by atoms with E-state index in [1.54, 1.807) is 12.3 Å². The third-order valence-electron chi connectivity index (χ3n) is 5.10. The first-order valence-corrected chi connectivity index (χ1v) is 10.6. The highest BCUT2D eigenvalue weighted by molar-refractivity contribution is 6.39. The Morgan fingerprint density at radius 3 is 2.79 bits per heavy atom. The first kappa shape index (κ1) is 20.0. The lowest BCUT2D eigenvalue weighted by atomic mass is 9.97. The lowest BCUT2D eigenvalue weighted by molar-refractivity contribution is 0.343. The van der Waals surface area contributed by atoms with E-state index in [2.05, 4.69) is 22.1 Å². The number of halogens is 2. The second kappa shape index (κ2) is 8.62. The van der Waals surface area contributed by atoms with Gasteiger partial charge in [-0.3, -0.25) is 4.98 Å². The fraction of sp³-hybridized carbons (Fsp3) is 0.261. The maximum absolute atomic E-state index is 6.60. The summed E-state index contributed by atoms with van der Waals surface area (Å²) in [6.07, 6.45) is 4.62. The number of ether oxygens (including phenoxy) is 1. The molecule has 0 saturated heterocycles. The molecular weight excluding hydrogens is 405 g/mol. The normalized spacial score (nSPS) is 11.4. The van der Waals surface area contributed by atoms with Crippen molar-refractivity contribution < 1.29 is 4.74 Å². The van der Waals surface area contributed by atoms with Crippen LogP contribution in [0.4, 0.5) is 0 Å². The lowest BCUT2D eigenvalue weighted by Crippen LogP contribution is -1.99. The van der Waals surface area contributed by atoms with E-state index in [9.17, 15) is 0 Å². The molecule has 2 aromatic heterocycles. The van der Waals surface area contributed by atoms with E-state index < -0.39 is 0 Å². The number of nitrogens with two attached hydrogens (primary N) is 1. The van der Waals surface area contributed by atoms with Crippen molar-refractivity contribution in [2.75, 3.05) is 13.2 Å². The number of hydrogen-bond acceptors (Lipinski definition) is 3. The summed E-state index contributed by atoms with van der Waals surface area (Å²) in [7, 11) is 0. The maximum Gasteiger partial charge on any atom is 0.145 e. The predicted molar refractivity (Wildman–Crippen MR) is 122 cm³/mol. The minimum atomic E-state index is 0.593. The number of aromatic nitrogens is 2. The number of pyridine rings is 1. The van der Waals surface area contributed by atoms with E-state index in [1.165, 1.54) is 5.56 Å². The molecule has 4 aromatic rings. The zero-order chi connectivity index (χ0) is 20.4. The molecule has 4 nitrogen and oxygen atoms in total. The summed E-state index contributed by atoms with van der Waals surface area (Å²) in [5.41, 5.74) is 10.8. The largest absolute Gasteiger partial charge is 0.492 e. The molecule has 0 aliphatic heterocycles. The minimum Gasteiger partial charge on any atom is -0.492 e. The zero-order valence-electron chi connectivity index (χ0n) is 16.3. The first-order valence-electron chi connectivity index (χ1n) is 9.84. The van der Waals surface area contributed by atoms with Gasteiger partial charge in [0, 0.05) is 33.1 Å². The van der Waals surface area contributed by atoms with Crippen molar-refractivity contribution in [2.45, 2.75) is 26.2 Å². The molecule has 0 aliphatic carbocycles. The number of rotatable bonds is 7. The number of nitrogens with zero attached hydrogens (tertiary/aromatic N) is 1. The van der Waals surface area contributed by atoms with Gasteiger partial charge in [0.1, 0.15) is 11.3 Å². The topological polar surface area (TPSA) is 63.9 Å². The number of fused-ring (bicyclic) bond motifs is 2. The molecular formula is C23H23Cl2N3O. The van der Waals surface area contributed by atoms with E-state index in [4.69, 9.17) is 33.7 Å². The highest BCUT2D eigenvalue weighted by Crippen LogP contribution is 2.40. The van der Waals surface area contributed by atoms with Crippen molar-refractivity contribution in [3.05, 3.63) is 58.2 Å². The number of aromatic amines is 1. The summed E-state index contributed by atoms with van der Waals surface area (Å²) in [6, 6.07) is 11.8. The van der Waals surface area contributed by atoms with Crippen LogP contribution < -0.4 is 10.5 Å². The molecule has 6 heteroatoms. The van der Waals surface area contributed by atoms with Gasteiger partial charge in [0.15, 0.2) is 0 Å². The van der Waals surface area contributed by atoms with E-state index in [0.717, 1.165) is 58.1 Å². The summed E-state index contributed by atoms with van der Waals surface area (Å²) >= 11 is 12.9. The standard InChI is InChI=1S/C23H23Cl2N3O/c1-2-29-20-9-8-16(15-7-5-11-27-23(15)20)22-17(6-3-4-10-26)21-18(25)12-14(24)13-19(21)28-22/h5,7-9,11-13,28H,2-4,6,10,26H2,1H3. The van der Waals surface area contributed by atoms with Crippen molar-refractivity contribution in [1.82, 2.24) is 9.97 Å². The van der Waals surface area contributed by atoms with E-state index in [0.29, 0.717) is 23.2 Å². The molecule has 0 saturated carbocycles. The number of benzene rings is 2. The third-order valence-corrected chi connectivity index (χ3v) is 5.62. The second-order valence-electron chi connectivity index (χ2n) is 6.98. The molecule has 29 heavy (non-hydrogen) atoms. The van der Waals surface area contributed by atoms with E-state index in [1.807, 2.05) is 25.1 Å². The molecule has 0 spiro atoms. The highest BCUT2D eigenvalue weighted by Gasteiger charge is 2.19. The van der Waals surface area contributed by atoms with Crippen molar-refractivity contribution >= 4 is 45.0 Å². The summed E-state index contributed by atoms with van der Waals surface area (Å²) in [5, 5.41) is 3.33. The van der Waals surface area contributed by atoms with Gasteiger partial charge in [0.2, 0.25) is 0 Å². The summed E-state index contributed by atoms with van der Waals surface area (Å²) in [5.74, 6) is 0.786. The molecule has 0 bridgehead atoms. The Morgan fingerprint density at radius 2 is 2.00 bits per heavy atom. The summed E-state index contributed by atoms with van der Waals surface area (Å²) in [6.45, 7) is 3.24. The van der Waals surface area contributed by atoms with Crippen molar-refractivity contribution in [3.63, 3.8) is 0 Å². The van der Waals surface area contributed by atoms with Crippen LogP contribution in [-0.2, 0) is 6.42 Å². The number of unbranched alkanes of at least 4 members (excludes halogenated alkanes) is 1. The third kappa shape index (κ3) is 3.80. The SMILES string of the molecule is CCOc1ccc(-c2[nH]c3cc(Cl)cc(Cl)c3c2CCCCN)c2cccnc12. The highest BCUT2D eigenvalue weighted by atomic mass is 35.5. The average molecular weight is 428 g/mol. The van der Waals surface area contributed by atoms with Gasteiger partial charge >= 0.3 is 0 Å². The van der Waals surface area contributed by atoms with Crippen molar-refractivity contribution in [3.8, 4) is 17.0 Å². The molecule has 4 rings (SSSR count). The molecule has 2 aromatic carbocycles. The Kier molecular flexibility index (Phi) is 5.95. The molecule has 0 fully saturated rings. The Morgan fingerprint density at radius 1 is 1.14 bits per heavy atom. The Labute approximate surface area is 180 Å². The lowest BCUT2D eigenvalue weighted by Gasteiger charge is -2.12. The van der Waals surface area contributed by atoms with Crippen molar-refractivity contribution in [2.24, 2.45) is 5.73 Å². The zero-order valence-corrected chi connectivity index (χ0v) is 17.8. The van der Waals surface area contributed by atoms with Gasteiger partial charge in [-0.25, -0.2) is 0 Å². The minimum absolute atomic E-state index is 0.593. The molecule has 0 radical (unpaired) electrons. The van der Waals surface area contributed by atoms with E-state index >= 15 is 0 Å². The van der Waals surface area contributed by atoms with Crippen LogP contribution in [0, 0.1) is 0 Å². The van der Waals surface area contributed by atoms with Gasteiger partial charge in [-0.1, -0.05) is 29.3 Å². The number of aryl methyl sites for hydroxylation is 1.